The number of benzene rings is 1. The summed E-state index contributed by atoms with van der Waals surface area (Å²) < 4.78 is 37.6. The van der Waals surface area contributed by atoms with E-state index in [4.69, 9.17) is 0 Å². The molecule has 2 unspecified atom stereocenters. The normalized spacial score (nSPS) is 25.1. The first kappa shape index (κ1) is 9.73. The van der Waals surface area contributed by atoms with Gasteiger partial charge in [0, 0.05) is 17.9 Å². The zero-order valence-corrected chi connectivity index (χ0v) is 8.33. The predicted octanol–water partition coefficient (Wildman–Crippen LogP) is 1.35. The van der Waals surface area contributed by atoms with Crippen molar-refractivity contribution in [2.75, 3.05) is 12.8 Å². The molecule has 0 bridgehead atoms. The van der Waals surface area contributed by atoms with Crippen LogP contribution >= 0.6 is 0 Å². The van der Waals surface area contributed by atoms with Gasteiger partial charge in [-0.15, -0.1) is 0 Å². The van der Waals surface area contributed by atoms with Crippen LogP contribution in [0.1, 0.15) is 11.6 Å². The molecule has 0 spiro atoms. The quantitative estimate of drug-likeness (QED) is 0.769. The lowest BCUT2D eigenvalue weighted by Crippen LogP contribution is -2.16. The van der Waals surface area contributed by atoms with Crippen LogP contribution in [0.25, 0.3) is 0 Å². The molecule has 0 saturated heterocycles. The Kier molecular flexibility index (Phi) is 2.36. The molecule has 1 heterocycles. The highest BCUT2D eigenvalue weighted by atomic mass is 32.2. The van der Waals surface area contributed by atoms with E-state index in [9.17, 15) is 13.0 Å². The van der Waals surface area contributed by atoms with Gasteiger partial charge < -0.3 is 5.32 Å². The van der Waals surface area contributed by atoms with Crippen LogP contribution in [-0.2, 0) is 10.8 Å². The van der Waals surface area contributed by atoms with Gasteiger partial charge in [-0.2, -0.15) is 0 Å². The molecular weight excluding hydrogens is 208 g/mol. The van der Waals surface area contributed by atoms with Crippen molar-refractivity contribution in [1.82, 2.24) is 5.32 Å². The third kappa shape index (κ3) is 1.36. The largest absolute Gasteiger partial charge is 0.312 e. The molecule has 1 aliphatic heterocycles. The Balaban J connectivity index is 2.62. The van der Waals surface area contributed by atoms with E-state index < -0.39 is 22.4 Å². The maximum atomic E-state index is 13.3. The van der Waals surface area contributed by atoms with Crippen molar-refractivity contribution in [3.05, 3.63) is 29.3 Å². The molecule has 2 atom stereocenters. The standard InChI is InChI=1S/C9H9F2NOS/c1-12-8-4-14(13)9-6(8)2-5(10)3-7(9)11/h2-3,8,12H,4H2,1H3. The molecule has 1 aromatic carbocycles. The Morgan fingerprint density at radius 3 is 2.86 bits per heavy atom. The van der Waals surface area contributed by atoms with Crippen LogP contribution in [0.5, 0.6) is 0 Å². The van der Waals surface area contributed by atoms with Crippen molar-refractivity contribution in [2.45, 2.75) is 10.9 Å². The van der Waals surface area contributed by atoms with E-state index in [1.165, 1.54) is 6.07 Å². The third-order valence-electron chi connectivity index (χ3n) is 2.31. The fourth-order valence-corrected chi connectivity index (χ4v) is 3.20. The Morgan fingerprint density at radius 1 is 1.50 bits per heavy atom. The van der Waals surface area contributed by atoms with Crippen molar-refractivity contribution in [3.63, 3.8) is 0 Å². The van der Waals surface area contributed by atoms with Gasteiger partial charge in [0.25, 0.3) is 0 Å². The monoisotopic (exact) mass is 217 g/mol. The summed E-state index contributed by atoms with van der Waals surface area (Å²) in [5.41, 5.74) is 0.475. The van der Waals surface area contributed by atoms with Crippen molar-refractivity contribution in [3.8, 4) is 0 Å². The summed E-state index contributed by atoms with van der Waals surface area (Å²) in [4.78, 5) is 0.144. The molecule has 0 radical (unpaired) electrons. The molecule has 76 valence electrons. The minimum Gasteiger partial charge on any atom is -0.312 e. The number of hydrogen-bond acceptors (Lipinski definition) is 2. The van der Waals surface area contributed by atoms with E-state index in [0.717, 1.165) is 6.07 Å². The van der Waals surface area contributed by atoms with Gasteiger partial charge in [-0.25, -0.2) is 8.78 Å². The van der Waals surface area contributed by atoms with Crippen molar-refractivity contribution >= 4 is 10.8 Å². The van der Waals surface area contributed by atoms with Gasteiger partial charge in [0.05, 0.1) is 15.7 Å². The average Bonchev–Trinajstić information content (AvgIpc) is 2.42. The van der Waals surface area contributed by atoms with Crippen LogP contribution in [0.2, 0.25) is 0 Å². The van der Waals surface area contributed by atoms with Crippen molar-refractivity contribution in [1.29, 1.82) is 0 Å². The maximum Gasteiger partial charge on any atom is 0.142 e. The first-order chi connectivity index (χ1) is 6.63. The second kappa shape index (κ2) is 3.40. The van der Waals surface area contributed by atoms with E-state index in [2.05, 4.69) is 5.32 Å². The summed E-state index contributed by atoms with van der Waals surface area (Å²) in [7, 11) is 0.329. The highest BCUT2D eigenvalue weighted by Gasteiger charge is 2.30. The van der Waals surface area contributed by atoms with Gasteiger partial charge in [-0.1, -0.05) is 0 Å². The van der Waals surface area contributed by atoms with Crippen LogP contribution < -0.4 is 5.32 Å². The minimum atomic E-state index is -1.35. The zero-order chi connectivity index (χ0) is 10.3. The lowest BCUT2D eigenvalue weighted by atomic mass is 10.1. The van der Waals surface area contributed by atoms with Crippen LogP contribution in [0.15, 0.2) is 17.0 Å². The highest BCUT2D eigenvalue weighted by Crippen LogP contribution is 2.33. The van der Waals surface area contributed by atoms with Gasteiger partial charge in [0.15, 0.2) is 0 Å². The molecule has 0 aromatic heterocycles. The van der Waals surface area contributed by atoms with Gasteiger partial charge in [-0.05, 0) is 18.7 Å². The second-order valence-electron chi connectivity index (χ2n) is 3.16. The maximum absolute atomic E-state index is 13.3. The smallest absolute Gasteiger partial charge is 0.142 e. The fourth-order valence-electron chi connectivity index (χ4n) is 1.64. The first-order valence-corrected chi connectivity index (χ1v) is 5.50. The summed E-state index contributed by atoms with van der Waals surface area (Å²) in [5.74, 6) is -1.02. The zero-order valence-electron chi connectivity index (χ0n) is 7.51. The third-order valence-corrected chi connectivity index (χ3v) is 3.83. The SMILES string of the molecule is CNC1CS(=O)c2c(F)cc(F)cc21. The fraction of sp³-hybridized carbons (Fsp3) is 0.333. The van der Waals surface area contributed by atoms with E-state index in [1.807, 2.05) is 0 Å². The summed E-state index contributed by atoms with van der Waals surface area (Å²) >= 11 is 0. The summed E-state index contributed by atoms with van der Waals surface area (Å²) in [6.45, 7) is 0. The molecule has 0 aliphatic carbocycles. The molecule has 0 fully saturated rings. The van der Waals surface area contributed by atoms with Gasteiger partial charge >= 0.3 is 0 Å². The van der Waals surface area contributed by atoms with E-state index >= 15 is 0 Å². The number of halogens is 2. The predicted molar refractivity (Wildman–Crippen MR) is 49.4 cm³/mol. The number of nitrogens with one attached hydrogen (secondary N) is 1. The summed E-state index contributed by atoms with van der Waals surface area (Å²) in [5, 5.41) is 2.88. The van der Waals surface area contributed by atoms with Crippen LogP contribution in [0.4, 0.5) is 8.78 Å². The Labute approximate surface area is 82.8 Å². The van der Waals surface area contributed by atoms with Crippen molar-refractivity contribution in [2.24, 2.45) is 0 Å². The Bertz CT molecular complexity index is 408. The molecule has 0 saturated carbocycles. The molecule has 1 aliphatic rings. The molecule has 0 amide bonds. The average molecular weight is 217 g/mol. The van der Waals surface area contributed by atoms with Crippen LogP contribution in [0, 0.1) is 11.6 Å². The first-order valence-electron chi connectivity index (χ1n) is 4.18. The minimum absolute atomic E-state index is 0.144. The summed E-state index contributed by atoms with van der Waals surface area (Å²) in [6, 6.07) is 1.80. The summed E-state index contributed by atoms with van der Waals surface area (Å²) in [6.07, 6.45) is 0. The topological polar surface area (TPSA) is 29.1 Å². The molecule has 1 aromatic rings. The van der Waals surface area contributed by atoms with Gasteiger partial charge in [0.1, 0.15) is 11.6 Å². The highest BCUT2D eigenvalue weighted by molar-refractivity contribution is 7.85. The molecule has 2 nitrogen and oxygen atoms in total. The van der Waals surface area contributed by atoms with Gasteiger partial charge in [-0.3, -0.25) is 4.21 Å². The number of hydrogen-bond donors (Lipinski definition) is 1. The molecule has 5 heteroatoms. The molecule has 1 N–H and O–H groups in total. The number of fused-ring (bicyclic) bond motifs is 1. The molecular formula is C9H9F2NOS. The van der Waals surface area contributed by atoms with E-state index in [-0.39, 0.29) is 10.9 Å². The molecule has 2 rings (SSSR count). The van der Waals surface area contributed by atoms with Crippen LogP contribution in [0.3, 0.4) is 0 Å². The lowest BCUT2D eigenvalue weighted by molar-refractivity contribution is 0.550. The number of rotatable bonds is 1. The van der Waals surface area contributed by atoms with Crippen LogP contribution in [-0.4, -0.2) is 17.0 Å². The Hall–Kier alpha value is -0.810. The second-order valence-corrected chi connectivity index (χ2v) is 4.59. The Morgan fingerprint density at radius 2 is 2.21 bits per heavy atom. The van der Waals surface area contributed by atoms with Crippen molar-refractivity contribution < 1.29 is 13.0 Å². The molecule has 14 heavy (non-hydrogen) atoms. The van der Waals surface area contributed by atoms with E-state index in [0.29, 0.717) is 11.3 Å². The van der Waals surface area contributed by atoms with Gasteiger partial charge in [0.2, 0.25) is 0 Å². The van der Waals surface area contributed by atoms with E-state index in [1.54, 1.807) is 7.05 Å². The lowest BCUT2D eigenvalue weighted by Gasteiger charge is -2.07.